The summed E-state index contributed by atoms with van der Waals surface area (Å²) in [4.78, 5) is 3.90. The van der Waals surface area contributed by atoms with E-state index in [4.69, 9.17) is 0 Å². The zero-order valence-electron chi connectivity index (χ0n) is 8.13. The molecule has 86 valence electrons. The number of allylic oxidation sites excluding steroid dienone is 3. The minimum absolute atomic E-state index is 0.414. The minimum atomic E-state index is -3.37. The summed E-state index contributed by atoms with van der Waals surface area (Å²) in [7, 11) is -3.37. The molecule has 1 heterocycles. The lowest BCUT2D eigenvalue weighted by Crippen LogP contribution is -2.26. The Morgan fingerprint density at radius 2 is 2.38 bits per heavy atom. The highest BCUT2D eigenvalue weighted by molar-refractivity contribution is 14.1. The number of hydrogen-bond donors (Lipinski definition) is 1. The van der Waals surface area contributed by atoms with Crippen LogP contribution in [0.25, 0.3) is 0 Å². The number of hydrogen-bond acceptors (Lipinski definition) is 4. The van der Waals surface area contributed by atoms with Crippen LogP contribution in [0.5, 0.6) is 0 Å². The normalized spacial score (nSPS) is 20.6. The molecule has 0 saturated carbocycles. The van der Waals surface area contributed by atoms with Crippen LogP contribution in [0.4, 0.5) is 5.13 Å². The number of aromatic nitrogens is 1. The second-order valence-corrected chi connectivity index (χ2v) is 7.25. The van der Waals surface area contributed by atoms with Crippen LogP contribution < -0.4 is 4.72 Å². The molecule has 0 aliphatic heterocycles. The molecule has 2 rings (SSSR count). The summed E-state index contributed by atoms with van der Waals surface area (Å²) in [6, 6.07) is 0. The molecule has 1 atom stereocenters. The lowest BCUT2D eigenvalue weighted by Gasteiger charge is -2.15. The quantitative estimate of drug-likeness (QED) is 0.835. The van der Waals surface area contributed by atoms with Gasteiger partial charge in [-0.05, 0) is 29.0 Å². The summed E-state index contributed by atoms with van der Waals surface area (Å²) >= 11 is 3.44. The van der Waals surface area contributed by atoms with Crippen LogP contribution in [-0.2, 0) is 10.0 Å². The predicted octanol–water partition coefficient (Wildman–Crippen LogP) is 2.53. The highest BCUT2D eigenvalue weighted by atomic mass is 127. The first kappa shape index (κ1) is 12.1. The van der Waals surface area contributed by atoms with E-state index < -0.39 is 15.3 Å². The van der Waals surface area contributed by atoms with Gasteiger partial charge in [0.25, 0.3) is 0 Å². The van der Waals surface area contributed by atoms with Gasteiger partial charge in [-0.15, -0.1) is 11.3 Å². The van der Waals surface area contributed by atoms with E-state index in [0.717, 1.165) is 3.58 Å². The Kier molecular flexibility index (Phi) is 3.65. The van der Waals surface area contributed by atoms with E-state index in [9.17, 15) is 8.42 Å². The summed E-state index contributed by atoms with van der Waals surface area (Å²) in [6.07, 6.45) is 7.51. The molecule has 0 fully saturated rings. The Labute approximate surface area is 112 Å². The first-order valence-electron chi connectivity index (χ1n) is 4.53. The molecule has 16 heavy (non-hydrogen) atoms. The molecular formula is C9H9IN2O2S2. The van der Waals surface area contributed by atoms with Gasteiger partial charge >= 0.3 is 0 Å². The van der Waals surface area contributed by atoms with Gasteiger partial charge in [0.15, 0.2) is 5.13 Å². The fraction of sp³-hybridized carbons (Fsp3) is 0.222. The fourth-order valence-electron chi connectivity index (χ4n) is 1.28. The smallest absolute Gasteiger partial charge is 0.241 e. The SMILES string of the molecule is O=S(=O)(Nc1nccs1)C1C=CC(I)=CC1. The van der Waals surface area contributed by atoms with Gasteiger partial charge in [-0.25, -0.2) is 13.4 Å². The summed E-state index contributed by atoms with van der Waals surface area (Å²) in [5, 5.41) is 1.64. The number of nitrogens with zero attached hydrogens (tertiary/aromatic N) is 1. The first-order chi connectivity index (χ1) is 7.58. The Hall–Kier alpha value is -0.410. The molecule has 0 bridgehead atoms. The van der Waals surface area contributed by atoms with Crippen molar-refractivity contribution in [2.45, 2.75) is 11.7 Å². The molecule has 0 amide bonds. The van der Waals surface area contributed by atoms with Crippen molar-refractivity contribution in [1.82, 2.24) is 4.98 Å². The second-order valence-electron chi connectivity index (χ2n) is 3.21. The molecule has 1 aromatic heterocycles. The number of thiazole rings is 1. The standard InChI is InChI=1S/C9H9IN2O2S2/c10-7-1-3-8(4-2-7)16(13,14)12-9-11-5-6-15-9/h1-3,5-6,8H,4H2,(H,11,12). The van der Waals surface area contributed by atoms with Crippen molar-refractivity contribution in [2.75, 3.05) is 4.72 Å². The zero-order chi connectivity index (χ0) is 11.6. The van der Waals surface area contributed by atoms with Gasteiger partial charge in [-0.2, -0.15) is 0 Å². The Bertz CT molecular complexity index is 520. The molecule has 1 aliphatic rings. The first-order valence-corrected chi connectivity index (χ1v) is 8.03. The lowest BCUT2D eigenvalue weighted by molar-refractivity contribution is 0.593. The van der Waals surface area contributed by atoms with E-state index in [1.54, 1.807) is 17.7 Å². The third kappa shape index (κ3) is 2.83. The molecule has 0 saturated heterocycles. The van der Waals surface area contributed by atoms with E-state index in [1.165, 1.54) is 11.3 Å². The summed E-state index contributed by atoms with van der Waals surface area (Å²) in [5.41, 5.74) is 0. The molecule has 0 spiro atoms. The molecule has 1 unspecified atom stereocenters. The van der Waals surface area contributed by atoms with Crippen LogP contribution >= 0.6 is 33.9 Å². The lowest BCUT2D eigenvalue weighted by atomic mass is 10.2. The van der Waals surface area contributed by atoms with Crippen molar-refractivity contribution in [1.29, 1.82) is 0 Å². The number of rotatable bonds is 3. The molecule has 7 heteroatoms. The van der Waals surface area contributed by atoms with Gasteiger partial charge in [-0.3, -0.25) is 4.72 Å². The average molecular weight is 368 g/mol. The Morgan fingerprint density at radius 1 is 1.56 bits per heavy atom. The van der Waals surface area contributed by atoms with Gasteiger partial charge < -0.3 is 0 Å². The average Bonchev–Trinajstić information content (AvgIpc) is 2.70. The molecule has 1 aromatic rings. The molecule has 0 radical (unpaired) electrons. The van der Waals surface area contributed by atoms with Crippen LogP contribution in [0.2, 0.25) is 0 Å². The molecule has 0 aromatic carbocycles. The number of sulfonamides is 1. The van der Waals surface area contributed by atoms with E-state index in [0.29, 0.717) is 11.6 Å². The molecule has 1 N–H and O–H groups in total. The van der Waals surface area contributed by atoms with Gasteiger partial charge in [0, 0.05) is 15.2 Å². The Balaban J connectivity index is 2.12. The molecular weight excluding hydrogens is 359 g/mol. The minimum Gasteiger partial charge on any atom is -0.258 e. The number of halogens is 1. The van der Waals surface area contributed by atoms with Crippen molar-refractivity contribution in [3.05, 3.63) is 33.4 Å². The van der Waals surface area contributed by atoms with Crippen molar-refractivity contribution in [2.24, 2.45) is 0 Å². The van der Waals surface area contributed by atoms with E-state index in [1.807, 2.05) is 12.2 Å². The van der Waals surface area contributed by atoms with Gasteiger partial charge in [0.1, 0.15) is 5.25 Å². The maximum atomic E-state index is 11.9. The van der Waals surface area contributed by atoms with Crippen molar-refractivity contribution >= 4 is 49.1 Å². The van der Waals surface area contributed by atoms with Crippen molar-refractivity contribution < 1.29 is 8.42 Å². The van der Waals surface area contributed by atoms with Gasteiger partial charge in [-0.1, -0.05) is 18.2 Å². The fourth-order valence-corrected chi connectivity index (χ4v) is 3.73. The number of nitrogens with one attached hydrogen (secondary N) is 1. The van der Waals surface area contributed by atoms with Crippen LogP contribution in [-0.4, -0.2) is 18.7 Å². The van der Waals surface area contributed by atoms with Crippen LogP contribution in [0.15, 0.2) is 33.4 Å². The molecule has 4 nitrogen and oxygen atoms in total. The van der Waals surface area contributed by atoms with E-state index in [-0.39, 0.29) is 0 Å². The second kappa shape index (κ2) is 4.84. The van der Waals surface area contributed by atoms with E-state index in [2.05, 4.69) is 32.3 Å². The van der Waals surface area contributed by atoms with Gasteiger partial charge in [0.2, 0.25) is 10.0 Å². The number of anilines is 1. The largest absolute Gasteiger partial charge is 0.258 e. The predicted molar refractivity (Wildman–Crippen MR) is 74.3 cm³/mol. The maximum Gasteiger partial charge on any atom is 0.241 e. The maximum absolute atomic E-state index is 11.9. The topological polar surface area (TPSA) is 59.1 Å². The van der Waals surface area contributed by atoms with Crippen molar-refractivity contribution in [3.8, 4) is 0 Å². The summed E-state index contributed by atoms with van der Waals surface area (Å²) in [6.45, 7) is 0. The summed E-state index contributed by atoms with van der Waals surface area (Å²) in [5.74, 6) is 0. The highest BCUT2D eigenvalue weighted by Gasteiger charge is 2.24. The van der Waals surface area contributed by atoms with Crippen molar-refractivity contribution in [3.63, 3.8) is 0 Å². The van der Waals surface area contributed by atoms with Crippen LogP contribution in [0, 0.1) is 0 Å². The third-order valence-electron chi connectivity index (χ3n) is 2.08. The zero-order valence-corrected chi connectivity index (χ0v) is 11.9. The molecule has 1 aliphatic carbocycles. The monoisotopic (exact) mass is 368 g/mol. The van der Waals surface area contributed by atoms with Gasteiger partial charge in [0.05, 0.1) is 0 Å². The Morgan fingerprint density at radius 3 is 2.94 bits per heavy atom. The summed E-state index contributed by atoms with van der Waals surface area (Å²) < 4.78 is 27.4. The van der Waals surface area contributed by atoms with E-state index >= 15 is 0 Å². The van der Waals surface area contributed by atoms with Crippen LogP contribution in [0.3, 0.4) is 0 Å². The third-order valence-corrected chi connectivity index (χ3v) is 5.32. The highest BCUT2D eigenvalue weighted by Crippen LogP contribution is 2.23. The van der Waals surface area contributed by atoms with Crippen LogP contribution in [0.1, 0.15) is 6.42 Å².